The highest BCUT2D eigenvalue weighted by Crippen LogP contribution is 2.28. The summed E-state index contributed by atoms with van der Waals surface area (Å²) in [6, 6.07) is 0. The van der Waals surface area contributed by atoms with Crippen LogP contribution in [0.15, 0.2) is 11.7 Å². The SMILES string of the molecule is COCCCNc1ncnc2c(C)csc12. The molecule has 0 aliphatic rings. The zero-order chi connectivity index (χ0) is 11.4. The predicted molar refractivity (Wildman–Crippen MR) is 67.1 cm³/mol. The molecule has 2 aromatic rings. The van der Waals surface area contributed by atoms with E-state index in [9.17, 15) is 0 Å². The van der Waals surface area contributed by atoms with Gasteiger partial charge in [-0.25, -0.2) is 9.97 Å². The molecule has 0 amide bonds. The van der Waals surface area contributed by atoms with Gasteiger partial charge in [-0.05, 0) is 24.3 Å². The van der Waals surface area contributed by atoms with Crippen LogP contribution in [0.25, 0.3) is 10.2 Å². The zero-order valence-electron chi connectivity index (χ0n) is 9.49. The Morgan fingerprint density at radius 3 is 3.12 bits per heavy atom. The number of methoxy groups -OCH3 is 1. The van der Waals surface area contributed by atoms with Crippen LogP contribution in [0.1, 0.15) is 12.0 Å². The second-order valence-corrected chi connectivity index (χ2v) is 4.47. The van der Waals surface area contributed by atoms with Crippen LogP contribution >= 0.6 is 11.3 Å². The Bertz CT molecular complexity index is 469. The summed E-state index contributed by atoms with van der Waals surface area (Å²) >= 11 is 1.69. The van der Waals surface area contributed by atoms with Crippen molar-refractivity contribution in [3.8, 4) is 0 Å². The number of aromatic nitrogens is 2. The third-order valence-corrected chi connectivity index (χ3v) is 3.44. The van der Waals surface area contributed by atoms with Crippen molar-refractivity contribution in [2.24, 2.45) is 0 Å². The summed E-state index contributed by atoms with van der Waals surface area (Å²) in [5.74, 6) is 0.930. The van der Waals surface area contributed by atoms with Crippen molar-refractivity contribution in [2.75, 3.05) is 25.6 Å². The summed E-state index contributed by atoms with van der Waals surface area (Å²) in [4.78, 5) is 8.55. The average molecular weight is 237 g/mol. The lowest BCUT2D eigenvalue weighted by molar-refractivity contribution is 0.198. The van der Waals surface area contributed by atoms with Crippen molar-refractivity contribution in [2.45, 2.75) is 13.3 Å². The Morgan fingerprint density at radius 1 is 1.44 bits per heavy atom. The molecule has 4 nitrogen and oxygen atoms in total. The number of thiophene rings is 1. The fraction of sp³-hybridized carbons (Fsp3) is 0.455. The van der Waals surface area contributed by atoms with E-state index in [0.717, 1.165) is 35.6 Å². The summed E-state index contributed by atoms with van der Waals surface area (Å²) in [6.07, 6.45) is 2.59. The normalized spacial score (nSPS) is 10.9. The molecule has 2 heterocycles. The highest BCUT2D eigenvalue weighted by atomic mass is 32.1. The van der Waals surface area contributed by atoms with Crippen LogP contribution in [0.3, 0.4) is 0 Å². The lowest BCUT2D eigenvalue weighted by Gasteiger charge is -2.05. The topological polar surface area (TPSA) is 47.0 Å². The molecule has 0 aromatic carbocycles. The Labute approximate surface area is 98.7 Å². The van der Waals surface area contributed by atoms with Gasteiger partial charge in [-0.3, -0.25) is 0 Å². The molecule has 0 spiro atoms. The first-order valence-electron chi connectivity index (χ1n) is 5.24. The lowest BCUT2D eigenvalue weighted by atomic mass is 10.3. The Hall–Kier alpha value is -1.20. The Balaban J connectivity index is 2.11. The number of nitrogens with zero attached hydrogens (tertiary/aromatic N) is 2. The largest absolute Gasteiger partial charge is 0.385 e. The standard InChI is InChI=1S/C11H15N3OS/c1-8-6-16-10-9(8)13-7-14-11(10)12-4-3-5-15-2/h6-7H,3-5H2,1-2H3,(H,12,13,14). The van der Waals surface area contributed by atoms with Crippen LogP contribution < -0.4 is 5.32 Å². The third-order valence-electron chi connectivity index (χ3n) is 2.35. The molecule has 2 rings (SSSR count). The molecule has 0 saturated carbocycles. The van der Waals surface area contributed by atoms with Gasteiger partial charge in [-0.2, -0.15) is 0 Å². The molecule has 0 bridgehead atoms. The monoisotopic (exact) mass is 237 g/mol. The number of ether oxygens (including phenoxy) is 1. The van der Waals surface area contributed by atoms with E-state index in [1.54, 1.807) is 24.8 Å². The van der Waals surface area contributed by atoms with E-state index in [1.165, 1.54) is 5.56 Å². The molecule has 0 fully saturated rings. The summed E-state index contributed by atoms with van der Waals surface area (Å²) in [5, 5.41) is 5.43. The Morgan fingerprint density at radius 2 is 2.31 bits per heavy atom. The van der Waals surface area contributed by atoms with Gasteiger partial charge in [0.25, 0.3) is 0 Å². The summed E-state index contributed by atoms with van der Waals surface area (Å²) in [7, 11) is 1.71. The lowest BCUT2D eigenvalue weighted by Crippen LogP contribution is -2.06. The van der Waals surface area contributed by atoms with Gasteiger partial charge in [-0.1, -0.05) is 0 Å². The van der Waals surface area contributed by atoms with E-state index < -0.39 is 0 Å². The van der Waals surface area contributed by atoms with Gasteiger partial charge in [0, 0.05) is 20.3 Å². The predicted octanol–water partition coefficient (Wildman–Crippen LogP) is 2.45. The highest BCUT2D eigenvalue weighted by molar-refractivity contribution is 7.18. The van der Waals surface area contributed by atoms with Gasteiger partial charge in [0.2, 0.25) is 0 Å². The van der Waals surface area contributed by atoms with Gasteiger partial charge in [0.15, 0.2) is 0 Å². The van der Waals surface area contributed by atoms with E-state index in [-0.39, 0.29) is 0 Å². The van der Waals surface area contributed by atoms with E-state index in [2.05, 4.69) is 27.6 Å². The molecule has 5 heteroatoms. The number of aryl methyl sites for hydroxylation is 1. The van der Waals surface area contributed by atoms with E-state index in [4.69, 9.17) is 4.74 Å². The molecule has 0 radical (unpaired) electrons. The minimum absolute atomic E-state index is 0.769. The molecule has 0 aliphatic heterocycles. The third kappa shape index (κ3) is 2.31. The number of fused-ring (bicyclic) bond motifs is 1. The van der Waals surface area contributed by atoms with Gasteiger partial charge >= 0.3 is 0 Å². The molecular formula is C11H15N3OS. The van der Waals surface area contributed by atoms with Crippen LogP contribution in [-0.2, 0) is 4.74 Å². The average Bonchev–Trinajstić information content (AvgIpc) is 2.68. The number of nitrogens with one attached hydrogen (secondary N) is 1. The fourth-order valence-electron chi connectivity index (χ4n) is 1.52. The molecule has 0 unspecified atom stereocenters. The van der Waals surface area contributed by atoms with E-state index >= 15 is 0 Å². The maximum Gasteiger partial charge on any atom is 0.147 e. The first-order chi connectivity index (χ1) is 7.83. The van der Waals surface area contributed by atoms with E-state index in [1.807, 2.05) is 0 Å². The fourth-order valence-corrected chi connectivity index (χ4v) is 2.49. The van der Waals surface area contributed by atoms with Crippen LogP contribution in [0.5, 0.6) is 0 Å². The number of anilines is 1. The van der Waals surface area contributed by atoms with Gasteiger partial charge in [0.05, 0.1) is 10.2 Å². The van der Waals surface area contributed by atoms with Crippen molar-refractivity contribution < 1.29 is 4.74 Å². The molecule has 1 N–H and O–H groups in total. The van der Waals surface area contributed by atoms with Crippen LogP contribution in [-0.4, -0.2) is 30.2 Å². The molecule has 86 valence electrons. The van der Waals surface area contributed by atoms with Crippen molar-refractivity contribution in [1.82, 2.24) is 9.97 Å². The second kappa shape index (κ2) is 5.23. The molecule has 0 aliphatic carbocycles. The number of hydrogen-bond donors (Lipinski definition) is 1. The summed E-state index contributed by atoms with van der Waals surface area (Å²) < 4.78 is 6.14. The molecule has 0 atom stereocenters. The van der Waals surface area contributed by atoms with Crippen LogP contribution in [0.2, 0.25) is 0 Å². The van der Waals surface area contributed by atoms with Crippen LogP contribution in [0.4, 0.5) is 5.82 Å². The van der Waals surface area contributed by atoms with Crippen LogP contribution in [0, 0.1) is 6.92 Å². The molecule has 2 aromatic heterocycles. The first-order valence-corrected chi connectivity index (χ1v) is 6.12. The van der Waals surface area contributed by atoms with Gasteiger partial charge < -0.3 is 10.1 Å². The second-order valence-electron chi connectivity index (χ2n) is 3.59. The van der Waals surface area contributed by atoms with E-state index in [0.29, 0.717) is 0 Å². The quantitative estimate of drug-likeness (QED) is 0.811. The maximum atomic E-state index is 5.00. The van der Waals surface area contributed by atoms with Gasteiger partial charge in [-0.15, -0.1) is 11.3 Å². The molecule has 0 saturated heterocycles. The summed E-state index contributed by atoms with van der Waals surface area (Å²) in [6.45, 7) is 3.71. The number of hydrogen-bond acceptors (Lipinski definition) is 5. The molecule has 16 heavy (non-hydrogen) atoms. The van der Waals surface area contributed by atoms with Crippen molar-refractivity contribution >= 4 is 27.4 Å². The maximum absolute atomic E-state index is 5.00. The Kier molecular flexibility index (Phi) is 3.69. The van der Waals surface area contributed by atoms with Crippen molar-refractivity contribution in [3.05, 3.63) is 17.3 Å². The van der Waals surface area contributed by atoms with Crippen molar-refractivity contribution in [3.63, 3.8) is 0 Å². The highest BCUT2D eigenvalue weighted by Gasteiger charge is 2.06. The minimum atomic E-state index is 0.769. The number of rotatable bonds is 5. The van der Waals surface area contributed by atoms with Crippen molar-refractivity contribution in [1.29, 1.82) is 0 Å². The molecular weight excluding hydrogens is 222 g/mol. The smallest absolute Gasteiger partial charge is 0.147 e. The zero-order valence-corrected chi connectivity index (χ0v) is 10.3. The summed E-state index contributed by atoms with van der Waals surface area (Å²) in [5.41, 5.74) is 2.26. The van der Waals surface area contributed by atoms with Gasteiger partial charge in [0.1, 0.15) is 12.1 Å². The first kappa shape index (κ1) is 11.3. The minimum Gasteiger partial charge on any atom is -0.385 e.